The van der Waals surface area contributed by atoms with Gasteiger partial charge in [0.2, 0.25) is 0 Å². The fourth-order valence-electron chi connectivity index (χ4n) is 5.84. The molecule has 0 radical (unpaired) electrons. The van der Waals surface area contributed by atoms with Crippen LogP contribution >= 0.6 is 0 Å². The second-order valence-electron chi connectivity index (χ2n) is 11.1. The molecule has 3 heterocycles. The number of benzene rings is 4. The van der Waals surface area contributed by atoms with Crippen LogP contribution in [0.2, 0.25) is 0 Å². The lowest BCUT2D eigenvalue weighted by Gasteiger charge is -2.29. The molecule has 0 spiro atoms. The molecule has 4 heteroatoms. The van der Waals surface area contributed by atoms with E-state index in [-0.39, 0.29) is 0 Å². The first-order chi connectivity index (χ1) is 22.1. The number of rotatable bonds is 7. The van der Waals surface area contributed by atoms with Crippen LogP contribution in [-0.2, 0) is 0 Å². The highest BCUT2D eigenvalue weighted by molar-refractivity contribution is 5.84. The molecule has 0 amide bonds. The second-order valence-corrected chi connectivity index (χ2v) is 11.1. The van der Waals surface area contributed by atoms with Gasteiger partial charge in [-0.2, -0.15) is 0 Å². The molecule has 0 aliphatic rings. The molecule has 0 atom stereocenters. The zero-order valence-corrected chi connectivity index (χ0v) is 25.3. The van der Waals surface area contributed by atoms with E-state index in [4.69, 9.17) is 15.0 Å². The average molecular weight is 581 g/mol. The highest BCUT2D eigenvalue weighted by atomic mass is 15.2. The van der Waals surface area contributed by atoms with Gasteiger partial charge in [-0.25, -0.2) is 0 Å². The third-order valence-electron chi connectivity index (χ3n) is 8.07. The maximum Gasteiger partial charge on any atom is 0.0708 e. The van der Waals surface area contributed by atoms with Crippen molar-refractivity contribution in [3.8, 4) is 44.8 Å². The van der Waals surface area contributed by atoms with E-state index in [0.717, 1.165) is 62.0 Å². The van der Waals surface area contributed by atoms with E-state index in [1.165, 1.54) is 11.1 Å². The molecular weight excluding hydrogens is 548 g/mol. The van der Waals surface area contributed by atoms with Crippen LogP contribution in [0.3, 0.4) is 0 Å². The van der Waals surface area contributed by atoms with E-state index in [1.807, 2.05) is 30.7 Å². The van der Waals surface area contributed by atoms with Gasteiger partial charge in [-0.15, -0.1) is 0 Å². The molecule has 3 aromatic heterocycles. The molecule has 0 fully saturated rings. The standard InChI is InChI=1S/C41H32N4/c1-29-19-22-42-30(2)41(29)45(37-17-9-15-35(25-37)39-27-33(20-23-43-39)31-11-5-3-6-12-31)38-18-10-16-36(26-38)40-28-34(21-24-44-40)32-13-7-4-8-14-32/h3-28H,1-2H3. The molecule has 0 bridgehead atoms. The van der Waals surface area contributed by atoms with Crippen LogP contribution in [0.4, 0.5) is 17.1 Å². The molecule has 45 heavy (non-hydrogen) atoms. The highest BCUT2D eigenvalue weighted by Crippen LogP contribution is 2.40. The molecule has 4 aromatic carbocycles. The second kappa shape index (κ2) is 12.4. The summed E-state index contributed by atoms with van der Waals surface area (Å²) in [5.41, 5.74) is 13.8. The molecule has 0 saturated carbocycles. The van der Waals surface area contributed by atoms with Gasteiger partial charge in [0, 0.05) is 41.1 Å². The number of hydrogen-bond acceptors (Lipinski definition) is 4. The first-order valence-corrected chi connectivity index (χ1v) is 15.1. The number of aryl methyl sites for hydroxylation is 2. The minimum absolute atomic E-state index is 0.925. The van der Waals surface area contributed by atoms with Crippen molar-refractivity contribution in [2.24, 2.45) is 0 Å². The van der Waals surface area contributed by atoms with E-state index in [0.29, 0.717) is 0 Å². The predicted molar refractivity (Wildman–Crippen MR) is 186 cm³/mol. The van der Waals surface area contributed by atoms with Gasteiger partial charge in [-0.3, -0.25) is 15.0 Å². The SMILES string of the molecule is Cc1ccnc(C)c1N(c1cccc(-c2cc(-c3ccccc3)ccn2)c1)c1cccc(-c2cc(-c3ccccc3)ccn2)c1. The summed E-state index contributed by atoms with van der Waals surface area (Å²) in [6.45, 7) is 4.21. The molecular formula is C41H32N4. The molecule has 0 unspecified atom stereocenters. The van der Waals surface area contributed by atoms with Crippen molar-refractivity contribution in [3.05, 3.63) is 169 Å². The van der Waals surface area contributed by atoms with Gasteiger partial charge in [-0.05, 0) is 96.3 Å². The van der Waals surface area contributed by atoms with Gasteiger partial charge < -0.3 is 4.90 Å². The maximum atomic E-state index is 4.76. The Balaban J connectivity index is 1.33. The highest BCUT2D eigenvalue weighted by Gasteiger charge is 2.19. The number of pyridine rings is 3. The monoisotopic (exact) mass is 580 g/mol. The van der Waals surface area contributed by atoms with Crippen LogP contribution in [0.15, 0.2) is 158 Å². The molecule has 216 valence electrons. The van der Waals surface area contributed by atoms with Crippen LogP contribution in [0.5, 0.6) is 0 Å². The molecule has 0 saturated heterocycles. The number of anilines is 3. The zero-order chi connectivity index (χ0) is 30.6. The van der Waals surface area contributed by atoms with E-state index in [9.17, 15) is 0 Å². The number of aromatic nitrogens is 3. The van der Waals surface area contributed by atoms with Gasteiger partial charge >= 0.3 is 0 Å². The summed E-state index contributed by atoms with van der Waals surface area (Å²) in [5, 5.41) is 0. The van der Waals surface area contributed by atoms with Crippen LogP contribution in [0, 0.1) is 13.8 Å². The van der Waals surface area contributed by atoms with Crippen molar-refractivity contribution >= 4 is 17.1 Å². The third-order valence-corrected chi connectivity index (χ3v) is 8.07. The van der Waals surface area contributed by atoms with Crippen molar-refractivity contribution < 1.29 is 0 Å². The van der Waals surface area contributed by atoms with Crippen molar-refractivity contribution in [1.82, 2.24) is 15.0 Å². The minimum Gasteiger partial charge on any atom is -0.308 e. The van der Waals surface area contributed by atoms with Gasteiger partial charge in [0.25, 0.3) is 0 Å². The van der Waals surface area contributed by atoms with Crippen LogP contribution in [0.1, 0.15) is 11.3 Å². The lowest BCUT2D eigenvalue weighted by Crippen LogP contribution is -2.13. The first kappa shape index (κ1) is 27.9. The molecule has 0 N–H and O–H groups in total. The van der Waals surface area contributed by atoms with E-state index >= 15 is 0 Å². The summed E-state index contributed by atoms with van der Waals surface area (Å²) in [6, 6.07) is 48.5. The van der Waals surface area contributed by atoms with Crippen molar-refractivity contribution in [1.29, 1.82) is 0 Å². The Hall–Kier alpha value is -5.87. The third kappa shape index (κ3) is 5.86. The quantitative estimate of drug-likeness (QED) is 0.188. The molecule has 4 nitrogen and oxygen atoms in total. The van der Waals surface area contributed by atoms with Crippen molar-refractivity contribution in [3.63, 3.8) is 0 Å². The first-order valence-electron chi connectivity index (χ1n) is 15.1. The van der Waals surface area contributed by atoms with Crippen molar-refractivity contribution in [2.45, 2.75) is 13.8 Å². The summed E-state index contributed by atoms with van der Waals surface area (Å²) in [4.78, 5) is 16.5. The fraction of sp³-hybridized carbons (Fsp3) is 0.0488. The van der Waals surface area contributed by atoms with E-state index in [2.05, 4.69) is 146 Å². The normalized spacial score (nSPS) is 10.9. The molecule has 7 rings (SSSR count). The average Bonchev–Trinajstić information content (AvgIpc) is 3.11. The van der Waals surface area contributed by atoms with Gasteiger partial charge in [0.15, 0.2) is 0 Å². The zero-order valence-electron chi connectivity index (χ0n) is 25.3. The minimum atomic E-state index is 0.925. The maximum absolute atomic E-state index is 4.76. The Morgan fingerprint density at radius 2 is 0.867 bits per heavy atom. The topological polar surface area (TPSA) is 41.9 Å². The Labute approximate surface area is 264 Å². The van der Waals surface area contributed by atoms with Gasteiger partial charge in [-0.1, -0.05) is 84.9 Å². The molecule has 7 aromatic rings. The van der Waals surface area contributed by atoms with Crippen LogP contribution in [0.25, 0.3) is 44.8 Å². The van der Waals surface area contributed by atoms with Gasteiger partial charge in [0.1, 0.15) is 0 Å². The smallest absolute Gasteiger partial charge is 0.0708 e. The Morgan fingerprint density at radius 1 is 0.400 bits per heavy atom. The lowest BCUT2D eigenvalue weighted by molar-refractivity contribution is 1.12. The Kier molecular flexibility index (Phi) is 7.69. The summed E-state index contributed by atoms with van der Waals surface area (Å²) in [6.07, 6.45) is 5.65. The van der Waals surface area contributed by atoms with E-state index < -0.39 is 0 Å². The van der Waals surface area contributed by atoms with Crippen molar-refractivity contribution in [2.75, 3.05) is 4.90 Å². The molecule has 0 aliphatic carbocycles. The molecule has 0 aliphatic heterocycles. The Morgan fingerprint density at radius 3 is 1.36 bits per heavy atom. The Bertz CT molecular complexity index is 1940. The number of nitrogens with zero attached hydrogens (tertiary/aromatic N) is 4. The summed E-state index contributed by atoms with van der Waals surface area (Å²) in [5.74, 6) is 0. The summed E-state index contributed by atoms with van der Waals surface area (Å²) >= 11 is 0. The van der Waals surface area contributed by atoms with E-state index in [1.54, 1.807) is 0 Å². The van der Waals surface area contributed by atoms with Crippen LogP contribution < -0.4 is 4.90 Å². The predicted octanol–water partition coefficient (Wildman–Crippen LogP) is 10.6. The fourth-order valence-corrected chi connectivity index (χ4v) is 5.84. The number of hydrogen-bond donors (Lipinski definition) is 0. The van der Waals surface area contributed by atoms with Gasteiger partial charge in [0.05, 0.1) is 22.8 Å². The lowest BCUT2D eigenvalue weighted by atomic mass is 10.0. The summed E-state index contributed by atoms with van der Waals surface area (Å²) in [7, 11) is 0. The largest absolute Gasteiger partial charge is 0.308 e. The van der Waals surface area contributed by atoms with Crippen LogP contribution in [-0.4, -0.2) is 15.0 Å². The summed E-state index contributed by atoms with van der Waals surface area (Å²) < 4.78 is 0.